The van der Waals surface area contributed by atoms with Gasteiger partial charge in [-0.25, -0.2) is 4.39 Å². The largest absolute Gasteiger partial charge is 0.387 e. The standard InChI is InChI=1S/C20H23FN2O2/c1-22(19(24)17-8-5-9-18(21)12-17)14-20(25)10-11-23(15-20)13-16-6-3-2-4-7-16/h2-9,12,25H,10-11,13-15H2,1H3/t20-/m1/s1. The number of benzene rings is 2. The third-order valence-electron chi connectivity index (χ3n) is 4.61. The summed E-state index contributed by atoms with van der Waals surface area (Å²) in [7, 11) is 1.64. The molecule has 2 aromatic rings. The van der Waals surface area contributed by atoms with Gasteiger partial charge < -0.3 is 10.0 Å². The van der Waals surface area contributed by atoms with Gasteiger partial charge in [-0.05, 0) is 30.2 Å². The lowest BCUT2D eigenvalue weighted by atomic mass is 10.0. The Bertz CT molecular complexity index is 737. The van der Waals surface area contributed by atoms with E-state index in [1.165, 1.54) is 28.7 Å². The van der Waals surface area contributed by atoms with E-state index in [1.54, 1.807) is 13.1 Å². The van der Waals surface area contributed by atoms with Crippen LogP contribution in [0.2, 0.25) is 0 Å². The molecule has 0 radical (unpaired) electrons. The number of carbonyl (C=O) groups excluding carboxylic acids is 1. The molecule has 1 amide bonds. The third kappa shape index (κ3) is 4.44. The molecule has 4 nitrogen and oxygen atoms in total. The van der Waals surface area contributed by atoms with E-state index in [0.29, 0.717) is 18.5 Å². The molecule has 0 aliphatic carbocycles. The first-order valence-corrected chi connectivity index (χ1v) is 8.45. The van der Waals surface area contributed by atoms with E-state index in [2.05, 4.69) is 17.0 Å². The van der Waals surface area contributed by atoms with Crippen molar-refractivity contribution in [3.63, 3.8) is 0 Å². The van der Waals surface area contributed by atoms with Crippen LogP contribution in [0.25, 0.3) is 0 Å². The van der Waals surface area contributed by atoms with E-state index in [-0.39, 0.29) is 12.5 Å². The maximum atomic E-state index is 13.3. The number of likely N-dealkylation sites (N-methyl/N-ethyl adjacent to an activating group) is 1. The molecule has 5 heteroatoms. The minimum atomic E-state index is -0.938. The molecule has 0 spiro atoms. The highest BCUT2D eigenvalue weighted by molar-refractivity contribution is 5.94. The number of rotatable bonds is 5. The zero-order valence-electron chi connectivity index (χ0n) is 14.4. The Labute approximate surface area is 147 Å². The molecular weight excluding hydrogens is 319 g/mol. The molecule has 1 aliphatic heterocycles. The number of hydrogen-bond donors (Lipinski definition) is 1. The predicted molar refractivity (Wildman–Crippen MR) is 94.6 cm³/mol. The van der Waals surface area contributed by atoms with Crippen molar-refractivity contribution in [2.75, 3.05) is 26.7 Å². The Morgan fingerprint density at radius 3 is 2.72 bits per heavy atom. The van der Waals surface area contributed by atoms with E-state index < -0.39 is 11.4 Å². The van der Waals surface area contributed by atoms with Gasteiger partial charge in [0, 0.05) is 32.2 Å². The Balaban J connectivity index is 1.59. The maximum Gasteiger partial charge on any atom is 0.253 e. The average molecular weight is 342 g/mol. The molecule has 0 bridgehead atoms. The van der Waals surface area contributed by atoms with Crippen LogP contribution in [0.15, 0.2) is 54.6 Å². The highest BCUT2D eigenvalue weighted by atomic mass is 19.1. The van der Waals surface area contributed by atoms with Gasteiger partial charge >= 0.3 is 0 Å². The molecule has 3 rings (SSSR count). The number of amides is 1. The fourth-order valence-electron chi connectivity index (χ4n) is 3.40. The summed E-state index contributed by atoms with van der Waals surface area (Å²) in [5.41, 5.74) is 0.563. The van der Waals surface area contributed by atoms with Crippen molar-refractivity contribution in [2.45, 2.75) is 18.6 Å². The van der Waals surface area contributed by atoms with Crippen molar-refractivity contribution in [1.82, 2.24) is 9.80 Å². The van der Waals surface area contributed by atoms with Gasteiger partial charge in [0.15, 0.2) is 0 Å². The van der Waals surface area contributed by atoms with Crippen molar-refractivity contribution in [3.8, 4) is 0 Å². The first kappa shape index (κ1) is 17.6. The minimum absolute atomic E-state index is 0.230. The van der Waals surface area contributed by atoms with E-state index in [9.17, 15) is 14.3 Å². The molecule has 0 aromatic heterocycles. The maximum absolute atomic E-state index is 13.3. The Kier molecular flexibility index (Phi) is 5.16. The second-order valence-corrected chi connectivity index (χ2v) is 6.84. The zero-order valence-corrected chi connectivity index (χ0v) is 14.4. The molecule has 1 aliphatic rings. The van der Waals surface area contributed by atoms with Crippen molar-refractivity contribution in [1.29, 1.82) is 0 Å². The summed E-state index contributed by atoms with van der Waals surface area (Å²) in [4.78, 5) is 16.1. The second-order valence-electron chi connectivity index (χ2n) is 6.84. The smallest absolute Gasteiger partial charge is 0.253 e. The number of carbonyl (C=O) groups is 1. The Hall–Kier alpha value is -2.24. The topological polar surface area (TPSA) is 43.8 Å². The van der Waals surface area contributed by atoms with Crippen LogP contribution >= 0.6 is 0 Å². The number of β-amino-alcohol motifs (C(OH)–C–C–N with tert-alkyl or cyclic N) is 1. The van der Waals surface area contributed by atoms with E-state index >= 15 is 0 Å². The van der Waals surface area contributed by atoms with Gasteiger partial charge in [-0.1, -0.05) is 36.4 Å². The van der Waals surface area contributed by atoms with E-state index in [0.717, 1.165) is 13.1 Å². The van der Waals surface area contributed by atoms with Crippen LogP contribution in [0.5, 0.6) is 0 Å². The fourth-order valence-corrected chi connectivity index (χ4v) is 3.40. The lowest BCUT2D eigenvalue weighted by Crippen LogP contribution is -2.45. The molecule has 1 heterocycles. The summed E-state index contributed by atoms with van der Waals surface area (Å²) in [6.45, 7) is 2.31. The van der Waals surface area contributed by atoms with Crippen LogP contribution in [0.4, 0.5) is 4.39 Å². The van der Waals surface area contributed by atoms with Gasteiger partial charge in [-0.3, -0.25) is 9.69 Å². The molecule has 25 heavy (non-hydrogen) atoms. The molecular formula is C20H23FN2O2. The van der Waals surface area contributed by atoms with Crippen LogP contribution in [-0.4, -0.2) is 53.1 Å². The summed E-state index contributed by atoms with van der Waals surface area (Å²) in [5.74, 6) is -0.720. The highest BCUT2D eigenvalue weighted by Gasteiger charge is 2.37. The van der Waals surface area contributed by atoms with Crippen LogP contribution < -0.4 is 0 Å². The highest BCUT2D eigenvalue weighted by Crippen LogP contribution is 2.24. The van der Waals surface area contributed by atoms with Gasteiger partial charge in [0.2, 0.25) is 0 Å². The normalized spacial score (nSPS) is 20.6. The monoisotopic (exact) mass is 342 g/mol. The van der Waals surface area contributed by atoms with Crippen molar-refractivity contribution < 1.29 is 14.3 Å². The lowest BCUT2D eigenvalue weighted by molar-refractivity contribution is 0.0170. The van der Waals surface area contributed by atoms with Crippen molar-refractivity contribution in [2.24, 2.45) is 0 Å². The van der Waals surface area contributed by atoms with Crippen LogP contribution in [0.1, 0.15) is 22.3 Å². The molecule has 0 saturated carbocycles. The number of halogens is 1. The van der Waals surface area contributed by atoms with Crippen LogP contribution in [0, 0.1) is 5.82 Å². The van der Waals surface area contributed by atoms with Crippen LogP contribution in [0.3, 0.4) is 0 Å². The SMILES string of the molecule is CN(C[C@]1(O)CCN(Cc2ccccc2)C1)C(=O)c1cccc(F)c1. The predicted octanol–water partition coefficient (Wildman–Crippen LogP) is 2.53. The summed E-state index contributed by atoms with van der Waals surface area (Å²) >= 11 is 0. The minimum Gasteiger partial charge on any atom is -0.387 e. The van der Waals surface area contributed by atoms with E-state index in [1.807, 2.05) is 18.2 Å². The number of aliphatic hydroxyl groups is 1. The Morgan fingerprint density at radius 1 is 1.24 bits per heavy atom. The number of nitrogens with zero attached hydrogens (tertiary/aromatic N) is 2. The molecule has 0 unspecified atom stereocenters. The van der Waals surface area contributed by atoms with Crippen molar-refractivity contribution in [3.05, 3.63) is 71.5 Å². The molecule has 1 fully saturated rings. The third-order valence-corrected chi connectivity index (χ3v) is 4.61. The quantitative estimate of drug-likeness (QED) is 0.908. The molecule has 1 atom stereocenters. The molecule has 2 aromatic carbocycles. The first-order chi connectivity index (χ1) is 12.0. The van der Waals surface area contributed by atoms with Gasteiger partial charge in [-0.2, -0.15) is 0 Å². The average Bonchev–Trinajstić information content (AvgIpc) is 2.95. The van der Waals surface area contributed by atoms with Crippen molar-refractivity contribution >= 4 is 5.91 Å². The van der Waals surface area contributed by atoms with Gasteiger partial charge in [0.05, 0.1) is 12.1 Å². The first-order valence-electron chi connectivity index (χ1n) is 8.45. The number of likely N-dealkylation sites (tertiary alicyclic amines) is 1. The summed E-state index contributed by atoms with van der Waals surface area (Å²) in [6.07, 6.45) is 0.612. The lowest BCUT2D eigenvalue weighted by Gasteiger charge is -2.29. The van der Waals surface area contributed by atoms with Gasteiger partial charge in [-0.15, -0.1) is 0 Å². The number of hydrogen-bond acceptors (Lipinski definition) is 3. The fraction of sp³-hybridized carbons (Fsp3) is 0.350. The van der Waals surface area contributed by atoms with Gasteiger partial charge in [0.1, 0.15) is 5.82 Å². The summed E-state index contributed by atoms with van der Waals surface area (Å²) in [5, 5.41) is 10.9. The Morgan fingerprint density at radius 2 is 2.00 bits per heavy atom. The second kappa shape index (κ2) is 7.33. The van der Waals surface area contributed by atoms with Gasteiger partial charge in [0.25, 0.3) is 5.91 Å². The molecule has 1 saturated heterocycles. The summed E-state index contributed by atoms with van der Waals surface area (Å²) in [6, 6.07) is 15.8. The summed E-state index contributed by atoms with van der Waals surface area (Å²) < 4.78 is 13.3. The zero-order chi connectivity index (χ0) is 17.9. The van der Waals surface area contributed by atoms with Crippen LogP contribution in [-0.2, 0) is 6.54 Å². The molecule has 1 N–H and O–H groups in total. The van der Waals surface area contributed by atoms with E-state index in [4.69, 9.17) is 0 Å². The molecule has 132 valence electrons.